The van der Waals surface area contributed by atoms with E-state index in [1.807, 2.05) is 63.2 Å². The van der Waals surface area contributed by atoms with E-state index in [2.05, 4.69) is 5.32 Å². The summed E-state index contributed by atoms with van der Waals surface area (Å²) in [6.45, 7) is 6.06. The zero-order chi connectivity index (χ0) is 24.7. The number of nitrogens with one attached hydrogen (secondary N) is 1. The van der Waals surface area contributed by atoms with Crippen LogP contribution in [0.3, 0.4) is 0 Å². The first-order chi connectivity index (χ1) is 16.9. The third kappa shape index (κ3) is 4.22. The second-order valence-corrected chi connectivity index (χ2v) is 9.16. The van der Waals surface area contributed by atoms with Gasteiger partial charge in [0, 0.05) is 17.2 Å². The smallest absolute Gasteiger partial charge is 0.261 e. The molecule has 1 saturated carbocycles. The molecule has 2 heterocycles. The van der Waals surface area contributed by atoms with Crippen molar-refractivity contribution in [3.05, 3.63) is 75.8 Å². The Morgan fingerprint density at radius 2 is 1.80 bits per heavy atom. The van der Waals surface area contributed by atoms with Crippen LogP contribution in [0.15, 0.2) is 53.6 Å². The Morgan fingerprint density at radius 1 is 1.06 bits per heavy atom. The molecule has 35 heavy (non-hydrogen) atoms. The number of aromatic nitrogens is 3. The van der Waals surface area contributed by atoms with Gasteiger partial charge in [-0.1, -0.05) is 18.2 Å². The summed E-state index contributed by atoms with van der Waals surface area (Å²) >= 11 is 0. The lowest BCUT2D eigenvalue weighted by Crippen LogP contribution is -2.25. The summed E-state index contributed by atoms with van der Waals surface area (Å²) in [5, 5.41) is 4.02. The predicted molar refractivity (Wildman–Crippen MR) is 139 cm³/mol. The van der Waals surface area contributed by atoms with Gasteiger partial charge in [0.15, 0.2) is 0 Å². The van der Waals surface area contributed by atoms with Crippen molar-refractivity contribution < 1.29 is 9.47 Å². The summed E-state index contributed by atoms with van der Waals surface area (Å²) in [5.41, 5.74) is 5.16. The van der Waals surface area contributed by atoms with Gasteiger partial charge in [0.2, 0.25) is 0 Å². The van der Waals surface area contributed by atoms with Crippen LogP contribution in [0.1, 0.15) is 42.5 Å². The molecule has 0 unspecified atom stereocenters. The average Bonchev–Trinajstić information content (AvgIpc) is 3.68. The van der Waals surface area contributed by atoms with E-state index < -0.39 is 0 Å². The molecule has 4 aromatic rings. The van der Waals surface area contributed by atoms with Crippen LogP contribution in [0.5, 0.6) is 11.5 Å². The maximum absolute atomic E-state index is 13.8. The van der Waals surface area contributed by atoms with Crippen LogP contribution in [-0.4, -0.2) is 34.8 Å². The predicted octanol–water partition coefficient (Wildman–Crippen LogP) is 5.28. The number of fused-ring (bicyclic) bond motifs is 1. The van der Waals surface area contributed by atoms with Crippen molar-refractivity contribution in [1.82, 2.24) is 14.5 Å². The molecule has 2 aromatic carbocycles. The van der Waals surface area contributed by atoms with Crippen molar-refractivity contribution in [3.63, 3.8) is 0 Å². The lowest BCUT2D eigenvalue weighted by atomic mass is 9.97. The molecule has 0 radical (unpaired) electrons. The van der Waals surface area contributed by atoms with Crippen molar-refractivity contribution in [1.29, 1.82) is 0 Å². The van der Waals surface area contributed by atoms with E-state index in [1.54, 1.807) is 25.1 Å². The summed E-state index contributed by atoms with van der Waals surface area (Å²) in [6.07, 6.45) is 3.85. The second kappa shape index (κ2) is 9.06. The Bertz CT molecular complexity index is 1460. The number of ether oxygens (including phenoxy) is 2. The molecule has 0 bridgehead atoms. The Kier molecular flexibility index (Phi) is 5.93. The number of hydrogen-bond acceptors (Lipinski definition) is 6. The molecule has 7 nitrogen and oxygen atoms in total. The number of rotatable bonds is 7. The van der Waals surface area contributed by atoms with Crippen LogP contribution in [0.2, 0.25) is 0 Å². The zero-order valence-corrected chi connectivity index (χ0v) is 20.8. The van der Waals surface area contributed by atoms with Crippen molar-refractivity contribution in [3.8, 4) is 22.8 Å². The van der Waals surface area contributed by atoms with Crippen molar-refractivity contribution in [2.24, 2.45) is 0 Å². The molecule has 1 fully saturated rings. The normalized spacial score (nSPS) is 14.1. The summed E-state index contributed by atoms with van der Waals surface area (Å²) < 4.78 is 12.5. The molecule has 0 spiro atoms. The van der Waals surface area contributed by atoms with Crippen LogP contribution < -0.4 is 20.3 Å². The maximum atomic E-state index is 13.8. The molecular formula is C28H30N4O3. The fourth-order valence-corrected chi connectivity index (χ4v) is 4.56. The number of nitrogens with zero attached hydrogens (tertiary/aromatic N) is 3. The average molecular weight is 471 g/mol. The van der Waals surface area contributed by atoms with E-state index in [0.29, 0.717) is 28.5 Å². The summed E-state index contributed by atoms with van der Waals surface area (Å²) in [7, 11) is 3.30. The van der Waals surface area contributed by atoms with Gasteiger partial charge in [-0.15, -0.1) is 0 Å². The second-order valence-electron chi connectivity index (χ2n) is 9.16. The molecule has 7 heteroatoms. The monoisotopic (exact) mass is 470 g/mol. The first-order valence-corrected chi connectivity index (χ1v) is 11.9. The van der Waals surface area contributed by atoms with Crippen molar-refractivity contribution >= 4 is 16.7 Å². The van der Waals surface area contributed by atoms with Gasteiger partial charge in [0.25, 0.3) is 5.56 Å². The highest BCUT2D eigenvalue weighted by atomic mass is 16.5. The minimum Gasteiger partial charge on any atom is -0.497 e. The first-order valence-electron chi connectivity index (χ1n) is 11.9. The number of anilines is 1. The molecule has 1 aliphatic rings. The Labute approximate surface area is 204 Å². The lowest BCUT2D eigenvalue weighted by Gasteiger charge is -2.19. The molecule has 180 valence electrons. The summed E-state index contributed by atoms with van der Waals surface area (Å²) in [6, 6.07) is 13.8. The molecule has 2 aromatic heterocycles. The van der Waals surface area contributed by atoms with Crippen LogP contribution in [0, 0.1) is 13.8 Å². The topological polar surface area (TPSA) is 78.3 Å². The van der Waals surface area contributed by atoms with E-state index in [0.717, 1.165) is 46.6 Å². The van der Waals surface area contributed by atoms with Gasteiger partial charge in [0.1, 0.15) is 22.8 Å². The van der Waals surface area contributed by atoms with Crippen LogP contribution in [0.4, 0.5) is 5.82 Å². The van der Waals surface area contributed by atoms with Crippen molar-refractivity contribution in [2.75, 3.05) is 19.5 Å². The van der Waals surface area contributed by atoms with Crippen LogP contribution >= 0.6 is 0 Å². The quantitative estimate of drug-likeness (QED) is 0.396. The first kappa shape index (κ1) is 22.9. The SMILES string of the molecule is COc1ccc([C@@H](C)n2cnc3c(-c4c(C)ccc(OC)c4C)nc(NC4CC4)cc3c2=O)cc1. The minimum absolute atomic E-state index is 0.0981. The van der Waals surface area contributed by atoms with E-state index in [1.165, 1.54) is 0 Å². The number of pyridine rings is 1. The fraction of sp³-hybridized carbons (Fsp3) is 0.321. The van der Waals surface area contributed by atoms with Gasteiger partial charge in [-0.25, -0.2) is 9.97 Å². The molecule has 0 amide bonds. The van der Waals surface area contributed by atoms with Gasteiger partial charge in [-0.05, 0) is 69.0 Å². The van der Waals surface area contributed by atoms with E-state index >= 15 is 0 Å². The van der Waals surface area contributed by atoms with Gasteiger partial charge in [-0.3, -0.25) is 9.36 Å². The highest BCUT2D eigenvalue weighted by Gasteiger charge is 2.24. The van der Waals surface area contributed by atoms with E-state index in [9.17, 15) is 4.79 Å². The third-order valence-electron chi connectivity index (χ3n) is 6.79. The summed E-state index contributed by atoms with van der Waals surface area (Å²) in [5.74, 6) is 2.26. The molecule has 0 saturated heterocycles. The molecular weight excluding hydrogens is 440 g/mol. The Hall–Kier alpha value is -3.87. The van der Waals surface area contributed by atoms with Gasteiger partial charge < -0.3 is 14.8 Å². The van der Waals surface area contributed by atoms with Gasteiger partial charge >= 0.3 is 0 Å². The van der Waals surface area contributed by atoms with Crippen LogP contribution in [0.25, 0.3) is 22.2 Å². The molecule has 1 atom stereocenters. The maximum Gasteiger partial charge on any atom is 0.261 e. The standard InChI is InChI=1S/C28H30N4O3/c1-16-6-13-23(35-5)17(2)25(16)27-26-22(14-24(31-27)30-20-9-10-20)28(33)32(15-29-26)18(3)19-7-11-21(34-4)12-8-19/h6-8,11-15,18,20H,9-10H2,1-5H3,(H,30,31)/t18-/m1/s1. The van der Waals surface area contributed by atoms with Crippen molar-refractivity contribution in [2.45, 2.75) is 45.7 Å². The number of methoxy groups -OCH3 is 2. The zero-order valence-electron chi connectivity index (χ0n) is 20.8. The minimum atomic E-state index is -0.193. The Morgan fingerprint density at radius 3 is 2.46 bits per heavy atom. The molecule has 5 rings (SSSR count). The van der Waals surface area contributed by atoms with E-state index in [-0.39, 0.29) is 11.6 Å². The van der Waals surface area contributed by atoms with E-state index in [4.69, 9.17) is 19.4 Å². The summed E-state index contributed by atoms with van der Waals surface area (Å²) in [4.78, 5) is 23.5. The highest BCUT2D eigenvalue weighted by molar-refractivity contribution is 5.94. The molecule has 0 aliphatic heterocycles. The number of benzene rings is 2. The lowest BCUT2D eigenvalue weighted by molar-refractivity contribution is 0.412. The highest BCUT2D eigenvalue weighted by Crippen LogP contribution is 2.36. The number of hydrogen-bond donors (Lipinski definition) is 1. The molecule has 1 aliphatic carbocycles. The van der Waals surface area contributed by atoms with Gasteiger partial charge in [-0.2, -0.15) is 0 Å². The number of aryl methyl sites for hydroxylation is 1. The largest absolute Gasteiger partial charge is 0.497 e. The third-order valence-corrected chi connectivity index (χ3v) is 6.79. The van der Waals surface area contributed by atoms with Crippen LogP contribution in [-0.2, 0) is 0 Å². The fourth-order valence-electron chi connectivity index (χ4n) is 4.56. The molecule has 1 N–H and O–H groups in total. The van der Waals surface area contributed by atoms with Gasteiger partial charge in [0.05, 0.1) is 37.7 Å². The Balaban J connectivity index is 1.71.